The van der Waals surface area contributed by atoms with Crippen molar-refractivity contribution in [1.29, 1.82) is 0 Å². The van der Waals surface area contributed by atoms with E-state index in [0.29, 0.717) is 0 Å². The van der Waals surface area contributed by atoms with Gasteiger partial charge in [-0.3, -0.25) is 4.90 Å². The van der Waals surface area contributed by atoms with Gasteiger partial charge in [0.25, 0.3) is 0 Å². The lowest BCUT2D eigenvalue weighted by Crippen LogP contribution is -2.49. The zero-order valence-corrected chi connectivity index (χ0v) is 19.5. The molecule has 2 aromatic rings. The number of hydrogen-bond acceptors (Lipinski definition) is 5. The van der Waals surface area contributed by atoms with Crippen molar-refractivity contribution in [3.05, 3.63) is 53.9 Å². The van der Waals surface area contributed by atoms with Crippen molar-refractivity contribution in [2.24, 2.45) is 0 Å². The highest BCUT2D eigenvalue weighted by Crippen LogP contribution is 2.49. The molecule has 0 radical (unpaired) electrons. The molecule has 3 aliphatic heterocycles. The van der Waals surface area contributed by atoms with Crippen LogP contribution in [-0.4, -0.2) is 68.3 Å². The number of anilines is 2. The average Bonchev–Trinajstić information content (AvgIpc) is 2.86. The van der Waals surface area contributed by atoms with E-state index >= 15 is 0 Å². The van der Waals surface area contributed by atoms with Crippen LogP contribution in [0.1, 0.15) is 25.7 Å². The molecule has 0 atom stereocenters. The third-order valence-corrected chi connectivity index (χ3v) is 8.08. The molecule has 2 fully saturated rings. The number of hydrogen-bond donors (Lipinski definition) is 0. The van der Waals surface area contributed by atoms with Crippen LogP contribution in [0.2, 0.25) is 0 Å². The Morgan fingerprint density at radius 2 is 1.66 bits per heavy atom. The van der Waals surface area contributed by atoms with Crippen LogP contribution in [0.4, 0.5) is 17.1 Å². The van der Waals surface area contributed by atoms with Gasteiger partial charge in [0.1, 0.15) is 0 Å². The van der Waals surface area contributed by atoms with Crippen LogP contribution < -0.4 is 4.90 Å². The molecule has 3 aliphatic rings. The van der Waals surface area contributed by atoms with E-state index < -0.39 is 0 Å². The fourth-order valence-electron chi connectivity index (χ4n) is 5.19. The van der Waals surface area contributed by atoms with Crippen LogP contribution >= 0.6 is 11.8 Å². The number of nitrogens with zero attached hydrogens (tertiary/aromatic N) is 4. The molecule has 0 saturated carbocycles. The maximum absolute atomic E-state index is 7.35. The number of unbranched alkanes of at least 4 members (excludes halogenated alkanes) is 1. The quantitative estimate of drug-likeness (QED) is 0.434. The molecule has 0 amide bonds. The van der Waals surface area contributed by atoms with Crippen molar-refractivity contribution in [3.63, 3.8) is 0 Å². The average molecular weight is 449 g/mol. The number of fused-ring (bicyclic) bond motifs is 2. The Morgan fingerprint density at radius 3 is 2.47 bits per heavy atom. The smallest absolute Gasteiger partial charge is 0.188 e. The zero-order chi connectivity index (χ0) is 21.8. The molecule has 0 N–H and O–H groups in total. The SMILES string of the molecule is [C-]#[N+]c1ccc2c(c1)Sc1ccccc1N2CCCCN1CCC(N2CCOCC2)CC1. The second kappa shape index (κ2) is 10.3. The van der Waals surface area contributed by atoms with Gasteiger partial charge in [0, 0.05) is 35.5 Å². The van der Waals surface area contributed by atoms with Gasteiger partial charge in [-0.1, -0.05) is 30.0 Å². The summed E-state index contributed by atoms with van der Waals surface area (Å²) in [6.45, 7) is 16.1. The van der Waals surface area contributed by atoms with Crippen LogP contribution in [0.3, 0.4) is 0 Å². The molecule has 0 aromatic heterocycles. The molecule has 168 valence electrons. The summed E-state index contributed by atoms with van der Waals surface area (Å²) < 4.78 is 5.51. The van der Waals surface area contributed by atoms with Crippen molar-refractivity contribution in [2.75, 3.05) is 57.4 Å². The number of ether oxygens (including phenoxy) is 1. The van der Waals surface area contributed by atoms with Gasteiger partial charge in [0.15, 0.2) is 5.69 Å². The Morgan fingerprint density at radius 1 is 0.906 bits per heavy atom. The van der Waals surface area contributed by atoms with E-state index in [1.54, 1.807) is 11.8 Å². The van der Waals surface area contributed by atoms with Gasteiger partial charge in [-0.15, -0.1) is 0 Å². The topological polar surface area (TPSA) is 23.3 Å². The Labute approximate surface area is 196 Å². The van der Waals surface area contributed by atoms with Crippen molar-refractivity contribution in [2.45, 2.75) is 41.5 Å². The molecule has 0 aliphatic carbocycles. The number of para-hydroxylation sites is 1. The van der Waals surface area contributed by atoms with Crippen molar-refractivity contribution in [1.82, 2.24) is 9.80 Å². The molecule has 6 heteroatoms. The van der Waals surface area contributed by atoms with Gasteiger partial charge in [0.05, 0.1) is 31.2 Å². The Bertz CT molecular complexity index is 961. The van der Waals surface area contributed by atoms with E-state index in [2.05, 4.69) is 49.9 Å². The second-order valence-electron chi connectivity index (χ2n) is 8.91. The number of likely N-dealkylation sites (tertiary alicyclic amines) is 1. The molecule has 32 heavy (non-hydrogen) atoms. The number of benzene rings is 2. The fraction of sp³-hybridized carbons (Fsp3) is 0.500. The first-order valence-electron chi connectivity index (χ1n) is 11.9. The zero-order valence-electron chi connectivity index (χ0n) is 18.7. The van der Waals surface area contributed by atoms with E-state index in [-0.39, 0.29) is 0 Å². The van der Waals surface area contributed by atoms with Gasteiger partial charge < -0.3 is 14.5 Å². The van der Waals surface area contributed by atoms with E-state index in [9.17, 15) is 0 Å². The summed E-state index contributed by atoms with van der Waals surface area (Å²) in [5.74, 6) is 0. The monoisotopic (exact) mass is 448 g/mol. The van der Waals surface area contributed by atoms with Crippen molar-refractivity contribution < 1.29 is 4.74 Å². The maximum Gasteiger partial charge on any atom is 0.188 e. The van der Waals surface area contributed by atoms with Gasteiger partial charge in [-0.2, -0.15) is 0 Å². The summed E-state index contributed by atoms with van der Waals surface area (Å²) >= 11 is 1.78. The third kappa shape index (κ3) is 4.82. The molecule has 0 unspecified atom stereocenters. The van der Waals surface area contributed by atoms with Crippen LogP contribution in [0.5, 0.6) is 0 Å². The summed E-state index contributed by atoms with van der Waals surface area (Å²) in [7, 11) is 0. The second-order valence-corrected chi connectivity index (χ2v) is 10.00. The predicted octanol–water partition coefficient (Wildman–Crippen LogP) is 5.42. The van der Waals surface area contributed by atoms with E-state index in [4.69, 9.17) is 11.3 Å². The molecular formula is C26H32N4OS. The van der Waals surface area contributed by atoms with E-state index in [1.165, 1.54) is 66.5 Å². The van der Waals surface area contributed by atoms with Gasteiger partial charge >= 0.3 is 0 Å². The first-order chi connectivity index (χ1) is 15.8. The van der Waals surface area contributed by atoms with Crippen molar-refractivity contribution >= 4 is 28.8 Å². The lowest BCUT2D eigenvalue weighted by atomic mass is 10.0. The number of rotatable bonds is 6. The maximum atomic E-state index is 7.35. The molecule has 0 spiro atoms. The minimum Gasteiger partial charge on any atom is -0.379 e. The first-order valence-corrected chi connectivity index (χ1v) is 12.7. The molecule has 0 bridgehead atoms. The normalized spacial score (nSPS) is 19.9. The standard InChI is InChI=1S/C26H32N4OS/c1-27-21-8-9-24-26(20-21)32-25-7-3-2-6-23(25)30(24)13-5-4-12-28-14-10-22(11-15-28)29-16-18-31-19-17-29/h2-3,6-9,20,22H,4-5,10-19H2. The minimum absolute atomic E-state index is 0.719. The third-order valence-electron chi connectivity index (χ3n) is 6.96. The number of morpholine rings is 1. The van der Waals surface area contributed by atoms with E-state index in [0.717, 1.165) is 44.6 Å². The van der Waals surface area contributed by atoms with Crippen LogP contribution in [0.15, 0.2) is 52.3 Å². The molecule has 5 rings (SSSR count). The predicted molar refractivity (Wildman–Crippen MR) is 131 cm³/mol. The summed E-state index contributed by atoms with van der Waals surface area (Å²) in [5, 5.41) is 0. The van der Waals surface area contributed by atoms with Crippen molar-refractivity contribution in [3.8, 4) is 0 Å². The highest BCUT2D eigenvalue weighted by molar-refractivity contribution is 7.99. The Kier molecular flexibility index (Phi) is 6.99. The molecular weight excluding hydrogens is 416 g/mol. The molecule has 5 nitrogen and oxygen atoms in total. The van der Waals surface area contributed by atoms with Crippen LogP contribution in [0.25, 0.3) is 4.85 Å². The highest BCUT2D eigenvalue weighted by atomic mass is 32.2. The summed E-state index contributed by atoms with van der Waals surface area (Å²) in [5.41, 5.74) is 3.26. The van der Waals surface area contributed by atoms with Gasteiger partial charge in [-0.25, -0.2) is 4.85 Å². The highest BCUT2D eigenvalue weighted by Gasteiger charge is 2.26. The number of piperidine rings is 1. The fourth-order valence-corrected chi connectivity index (χ4v) is 6.32. The largest absolute Gasteiger partial charge is 0.379 e. The minimum atomic E-state index is 0.719. The molecule has 2 saturated heterocycles. The summed E-state index contributed by atoms with van der Waals surface area (Å²) in [6.07, 6.45) is 5.00. The summed E-state index contributed by atoms with van der Waals surface area (Å²) in [6, 6.07) is 15.5. The lowest BCUT2D eigenvalue weighted by molar-refractivity contribution is 0.000827. The Balaban J connectivity index is 1.14. The lowest BCUT2D eigenvalue weighted by Gasteiger charge is -2.40. The van der Waals surface area contributed by atoms with E-state index in [1.807, 2.05) is 12.1 Å². The summed E-state index contributed by atoms with van der Waals surface area (Å²) in [4.78, 5) is 13.9. The molecule has 3 heterocycles. The molecule has 2 aromatic carbocycles. The van der Waals surface area contributed by atoms with Crippen LogP contribution in [-0.2, 0) is 4.74 Å². The van der Waals surface area contributed by atoms with Gasteiger partial charge in [-0.05, 0) is 69.6 Å². The first kappa shape index (κ1) is 21.8. The van der Waals surface area contributed by atoms with Gasteiger partial charge in [0.2, 0.25) is 0 Å². The van der Waals surface area contributed by atoms with Crippen LogP contribution in [0, 0.1) is 6.57 Å². The Hall–Kier alpha value is -2.04.